The molecule has 1 aromatic rings. The largest absolute Gasteiger partial charge is 0.481 e. The molecule has 0 spiro atoms. The van der Waals surface area contributed by atoms with E-state index < -0.39 is 20.3 Å². The summed E-state index contributed by atoms with van der Waals surface area (Å²) in [6.07, 6.45) is -0.358. The van der Waals surface area contributed by atoms with Gasteiger partial charge in [-0.15, -0.1) is 0 Å². The maximum Gasteiger partial charge on any atom is 0.311 e. The van der Waals surface area contributed by atoms with Crippen molar-refractivity contribution in [3.8, 4) is 5.75 Å². The Morgan fingerprint density at radius 1 is 1.09 bits per heavy atom. The van der Waals surface area contributed by atoms with Crippen molar-refractivity contribution in [3.05, 3.63) is 29.8 Å². The summed E-state index contributed by atoms with van der Waals surface area (Å²) in [6.45, 7) is 11.5. The number of aliphatic carboxylic acids is 1. The summed E-state index contributed by atoms with van der Waals surface area (Å²) < 4.78 is 11.2. The number of carbonyl (C=O) groups is 2. The average molecular weight is 338 g/mol. The Kier molecular flexibility index (Phi) is 6.53. The van der Waals surface area contributed by atoms with Crippen molar-refractivity contribution in [2.24, 2.45) is 0 Å². The van der Waals surface area contributed by atoms with Crippen LogP contribution < -0.4 is 4.74 Å². The van der Waals surface area contributed by atoms with Gasteiger partial charge >= 0.3 is 11.9 Å². The second kappa shape index (κ2) is 7.74. The van der Waals surface area contributed by atoms with Crippen LogP contribution in [0.1, 0.15) is 39.2 Å². The molecule has 0 heterocycles. The fourth-order valence-corrected chi connectivity index (χ4v) is 2.49. The van der Waals surface area contributed by atoms with E-state index in [1.54, 1.807) is 12.1 Å². The highest BCUT2D eigenvalue weighted by Crippen LogP contribution is 2.37. The Morgan fingerprint density at radius 3 is 2.13 bits per heavy atom. The molecule has 0 saturated carbocycles. The van der Waals surface area contributed by atoms with Gasteiger partial charge in [-0.25, -0.2) is 0 Å². The van der Waals surface area contributed by atoms with Gasteiger partial charge < -0.3 is 14.3 Å². The lowest BCUT2D eigenvalue weighted by atomic mass is 10.2. The highest BCUT2D eigenvalue weighted by Gasteiger charge is 2.36. The van der Waals surface area contributed by atoms with E-state index in [0.717, 1.165) is 5.56 Å². The topological polar surface area (TPSA) is 72.8 Å². The number of benzene rings is 1. The molecule has 0 aromatic heterocycles. The van der Waals surface area contributed by atoms with Crippen LogP contribution in [0.15, 0.2) is 24.3 Å². The van der Waals surface area contributed by atoms with E-state index in [9.17, 15) is 9.59 Å². The van der Waals surface area contributed by atoms with E-state index in [-0.39, 0.29) is 17.9 Å². The average Bonchev–Trinajstić information content (AvgIpc) is 2.43. The van der Waals surface area contributed by atoms with E-state index in [0.29, 0.717) is 12.4 Å². The van der Waals surface area contributed by atoms with Gasteiger partial charge in [-0.2, -0.15) is 0 Å². The van der Waals surface area contributed by atoms with Crippen LogP contribution in [0.3, 0.4) is 0 Å². The molecule has 0 radical (unpaired) electrons. The Balaban J connectivity index is 2.54. The summed E-state index contributed by atoms with van der Waals surface area (Å²) >= 11 is 0. The van der Waals surface area contributed by atoms with Crippen LogP contribution in [0.5, 0.6) is 5.75 Å². The summed E-state index contributed by atoms with van der Waals surface area (Å²) in [5.74, 6) is -1.14. The van der Waals surface area contributed by atoms with Crippen LogP contribution in [0, 0.1) is 0 Å². The zero-order valence-electron chi connectivity index (χ0n) is 14.5. The molecule has 5 nitrogen and oxygen atoms in total. The van der Waals surface area contributed by atoms with Gasteiger partial charge in [0.05, 0.1) is 19.4 Å². The van der Waals surface area contributed by atoms with Crippen LogP contribution in [0.4, 0.5) is 0 Å². The lowest BCUT2D eigenvalue weighted by molar-refractivity contribution is -0.142. The minimum Gasteiger partial charge on any atom is -0.481 e. The van der Waals surface area contributed by atoms with Gasteiger partial charge in [0.2, 0.25) is 0 Å². The smallest absolute Gasteiger partial charge is 0.311 e. The van der Waals surface area contributed by atoms with Gasteiger partial charge in [0, 0.05) is 0 Å². The van der Waals surface area contributed by atoms with Crippen molar-refractivity contribution in [1.82, 2.24) is 0 Å². The fraction of sp³-hybridized carbons (Fsp3) is 0.529. The molecule has 0 saturated heterocycles. The zero-order chi connectivity index (χ0) is 17.7. The van der Waals surface area contributed by atoms with Gasteiger partial charge in [0.15, 0.2) is 8.32 Å². The number of ether oxygens (including phenoxy) is 1. The molecule has 0 unspecified atom stereocenters. The zero-order valence-corrected chi connectivity index (χ0v) is 15.5. The maximum absolute atomic E-state index is 11.5. The van der Waals surface area contributed by atoms with E-state index in [4.69, 9.17) is 14.3 Å². The summed E-state index contributed by atoms with van der Waals surface area (Å²) in [6, 6.07) is 7.10. The Bertz CT molecular complexity index is 543. The van der Waals surface area contributed by atoms with Crippen LogP contribution >= 0.6 is 0 Å². The number of hydrogen-bond acceptors (Lipinski definition) is 4. The molecule has 0 aliphatic rings. The molecule has 0 atom stereocenters. The molecule has 6 heteroatoms. The first-order valence-electron chi connectivity index (χ1n) is 7.66. The van der Waals surface area contributed by atoms with E-state index in [2.05, 4.69) is 33.9 Å². The molecule has 128 valence electrons. The van der Waals surface area contributed by atoms with E-state index in [1.165, 1.54) is 0 Å². The monoisotopic (exact) mass is 338 g/mol. The minimum absolute atomic E-state index is 0.133. The molecule has 1 aromatic carbocycles. The van der Waals surface area contributed by atoms with Gasteiger partial charge in [0.25, 0.3) is 0 Å². The number of esters is 1. The van der Waals surface area contributed by atoms with Gasteiger partial charge in [-0.3, -0.25) is 9.59 Å². The van der Waals surface area contributed by atoms with Crippen LogP contribution in [0.25, 0.3) is 0 Å². The summed E-state index contributed by atoms with van der Waals surface area (Å²) in [5.41, 5.74) is 1.01. The highest BCUT2D eigenvalue weighted by atomic mass is 28.4. The molecular formula is C17H26O5Si. The predicted octanol–water partition coefficient (Wildman–Crippen LogP) is 3.98. The van der Waals surface area contributed by atoms with Crippen LogP contribution in [0.2, 0.25) is 18.1 Å². The second-order valence-corrected chi connectivity index (χ2v) is 11.9. The number of hydrogen-bond donors (Lipinski definition) is 1. The second-order valence-electron chi connectivity index (χ2n) is 7.06. The summed E-state index contributed by atoms with van der Waals surface area (Å²) in [5, 5.41) is 8.69. The van der Waals surface area contributed by atoms with Gasteiger partial charge in [0.1, 0.15) is 5.75 Å². The quantitative estimate of drug-likeness (QED) is 0.462. The first-order valence-corrected chi connectivity index (χ1v) is 10.6. The summed E-state index contributed by atoms with van der Waals surface area (Å²) in [4.78, 5) is 21.9. The number of carboxylic acids is 1. The predicted molar refractivity (Wildman–Crippen MR) is 90.9 cm³/mol. The summed E-state index contributed by atoms with van der Waals surface area (Å²) in [7, 11) is -1.79. The van der Waals surface area contributed by atoms with Crippen molar-refractivity contribution in [1.29, 1.82) is 0 Å². The van der Waals surface area contributed by atoms with Gasteiger partial charge in [-0.05, 0) is 35.8 Å². The molecule has 0 bridgehead atoms. The first kappa shape index (κ1) is 19.4. The molecule has 0 aliphatic heterocycles. The van der Waals surface area contributed by atoms with E-state index >= 15 is 0 Å². The van der Waals surface area contributed by atoms with E-state index in [1.807, 2.05) is 12.1 Å². The third-order valence-corrected chi connectivity index (χ3v) is 8.58. The highest BCUT2D eigenvalue weighted by molar-refractivity contribution is 6.74. The molecule has 0 aliphatic carbocycles. The number of rotatable bonds is 7. The van der Waals surface area contributed by atoms with Crippen molar-refractivity contribution < 1.29 is 23.9 Å². The fourth-order valence-electron chi connectivity index (χ4n) is 1.53. The molecule has 0 amide bonds. The van der Waals surface area contributed by atoms with Crippen molar-refractivity contribution in [2.75, 3.05) is 0 Å². The Hall–Kier alpha value is -1.66. The molecule has 23 heavy (non-hydrogen) atoms. The molecule has 0 fully saturated rings. The van der Waals surface area contributed by atoms with Gasteiger partial charge in [-0.1, -0.05) is 32.9 Å². The van der Waals surface area contributed by atoms with Crippen molar-refractivity contribution in [2.45, 2.75) is 58.4 Å². The Labute approximate surface area is 138 Å². The minimum atomic E-state index is -1.79. The third kappa shape index (κ3) is 6.54. The molecular weight excluding hydrogens is 312 g/mol. The molecule has 1 N–H and O–H groups in total. The standard InChI is InChI=1S/C17H26O5Si/c1-17(2,3)23(4,5)21-12-13-6-8-14(9-7-13)22-16(20)11-10-15(18)19/h6-9H,10-12H2,1-5H3,(H,18,19). The van der Waals surface area contributed by atoms with Crippen molar-refractivity contribution >= 4 is 20.3 Å². The SMILES string of the molecule is CC(C)(C)[Si](C)(C)OCc1ccc(OC(=O)CCC(=O)O)cc1. The van der Waals surface area contributed by atoms with Crippen molar-refractivity contribution in [3.63, 3.8) is 0 Å². The first-order chi connectivity index (χ1) is 10.5. The lowest BCUT2D eigenvalue weighted by Gasteiger charge is -2.36. The number of carboxylic acid groups (broad SMARTS) is 1. The maximum atomic E-state index is 11.5. The lowest BCUT2D eigenvalue weighted by Crippen LogP contribution is -2.40. The normalized spacial score (nSPS) is 12.0. The Morgan fingerprint density at radius 2 is 1.65 bits per heavy atom. The van der Waals surface area contributed by atoms with Crippen LogP contribution in [-0.4, -0.2) is 25.4 Å². The number of carbonyl (C=O) groups excluding carboxylic acids is 1. The third-order valence-electron chi connectivity index (χ3n) is 4.10. The molecule has 1 rings (SSSR count). The van der Waals surface area contributed by atoms with Crippen LogP contribution in [-0.2, 0) is 20.6 Å².